The molecule has 1 heterocycles. The summed E-state index contributed by atoms with van der Waals surface area (Å²) in [6, 6.07) is 7.73. The maximum absolute atomic E-state index is 12.4. The highest BCUT2D eigenvalue weighted by Crippen LogP contribution is 2.30. The number of piperidine rings is 1. The second-order valence-corrected chi connectivity index (χ2v) is 6.48. The lowest BCUT2D eigenvalue weighted by Gasteiger charge is -2.32. The molecular formula is C18H26N2O3. The number of carbonyl (C=O) groups excluding carboxylic acids is 1. The van der Waals surface area contributed by atoms with E-state index in [1.165, 1.54) is 12.8 Å². The van der Waals surface area contributed by atoms with Crippen LogP contribution in [0, 0.1) is 5.92 Å². The van der Waals surface area contributed by atoms with E-state index in [1.807, 2.05) is 29.2 Å². The van der Waals surface area contributed by atoms with Crippen molar-refractivity contribution in [2.24, 2.45) is 5.92 Å². The Labute approximate surface area is 137 Å². The number of ether oxygens (including phenoxy) is 2. The Morgan fingerprint density at radius 2 is 1.96 bits per heavy atom. The van der Waals surface area contributed by atoms with Gasteiger partial charge in [-0.1, -0.05) is 18.2 Å². The number of benzene rings is 1. The Balaban J connectivity index is 1.47. The standard InChI is InChI=1S/C18H26N2O3/c1-22-13-15-4-2-3-5-17(15)19-18(21)20-10-8-16(9-11-20)23-12-14-6-7-14/h2-5,14,16H,6-13H2,1H3,(H,19,21). The van der Waals surface area contributed by atoms with Gasteiger partial charge in [-0.3, -0.25) is 0 Å². The van der Waals surface area contributed by atoms with Crippen LogP contribution in [0.3, 0.4) is 0 Å². The van der Waals surface area contributed by atoms with Gasteiger partial charge in [-0.05, 0) is 37.7 Å². The van der Waals surface area contributed by atoms with Crippen molar-refractivity contribution in [1.29, 1.82) is 0 Å². The minimum atomic E-state index is -0.0332. The molecule has 3 rings (SSSR count). The molecule has 0 unspecified atom stereocenters. The summed E-state index contributed by atoms with van der Waals surface area (Å²) >= 11 is 0. The molecule has 126 valence electrons. The number of para-hydroxylation sites is 1. The van der Waals surface area contributed by atoms with Gasteiger partial charge in [-0.15, -0.1) is 0 Å². The molecule has 1 N–H and O–H groups in total. The van der Waals surface area contributed by atoms with Gasteiger partial charge < -0.3 is 19.7 Å². The normalized spacial score (nSPS) is 18.9. The molecule has 1 aromatic carbocycles. The largest absolute Gasteiger partial charge is 0.380 e. The molecule has 5 nitrogen and oxygen atoms in total. The summed E-state index contributed by atoms with van der Waals surface area (Å²) < 4.78 is 11.1. The van der Waals surface area contributed by atoms with Crippen LogP contribution in [0.15, 0.2) is 24.3 Å². The van der Waals surface area contributed by atoms with E-state index in [2.05, 4.69) is 5.32 Å². The van der Waals surface area contributed by atoms with Crippen LogP contribution < -0.4 is 5.32 Å². The predicted octanol–water partition coefficient (Wildman–Crippen LogP) is 3.26. The third kappa shape index (κ3) is 4.69. The van der Waals surface area contributed by atoms with Crippen LogP contribution in [-0.2, 0) is 16.1 Å². The summed E-state index contributed by atoms with van der Waals surface area (Å²) in [4.78, 5) is 14.3. The Morgan fingerprint density at radius 3 is 2.65 bits per heavy atom. The van der Waals surface area contributed by atoms with E-state index in [-0.39, 0.29) is 6.03 Å². The fourth-order valence-corrected chi connectivity index (χ4v) is 2.90. The number of amides is 2. The summed E-state index contributed by atoms with van der Waals surface area (Å²) in [5.74, 6) is 0.800. The quantitative estimate of drug-likeness (QED) is 0.876. The van der Waals surface area contributed by atoms with Gasteiger partial charge in [-0.25, -0.2) is 4.79 Å². The van der Waals surface area contributed by atoms with Gasteiger partial charge in [0.25, 0.3) is 0 Å². The minimum Gasteiger partial charge on any atom is -0.380 e. The third-order valence-corrected chi connectivity index (χ3v) is 4.55. The van der Waals surface area contributed by atoms with Gasteiger partial charge in [0.2, 0.25) is 0 Å². The smallest absolute Gasteiger partial charge is 0.321 e. The topological polar surface area (TPSA) is 50.8 Å². The zero-order valence-corrected chi connectivity index (χ0v) is 13.8. The Morgan fingerprint density at radius 1 is 1.22 bits per heavy atom. The molecule has 2 amide bonds. The van der Waals surface area contributed by atoms with Crippen molar-refractivity contribution >= 4 is 11.7 Å². The zero-order chi connectivity index (χ0) is 16.1. The van der Waals surface area contributed by atoms with Crippen LogP contribution in [0.2, 0.25) is 0 Å². The van der Waals surface area contributed by atoms with Crippen molar-refractivity contribution in [2.75, 3.05) is 32.1 Å². The number of nitrogens with one attached hydrogen (secondary N) is 1. The molecule has 23 heavy (non-hydrogen) atoms. The van der Waals surface area contributed by atoms with E-state index in [9.17, 15) is 4.79 Å². The summed E-state index contributed by atoms with van der Waals surface area (Å²) in [5, 5.41) is 3.01. The average molecular weight is 318 g/mol. The first-order valence-corrected chi connectivity index (χ1v) is 8.50. The number of hydrogen-bond acceptors (Lipinski definition) is 3. The number of hydrogen-bond donors (Lipinski definition) is 1. The van der Waals surface area contributed by atoms with Crippen LogP contribution >= 0.6 is 0 Å². The van der Waals surface area contributed by atoms with E-state index in [0.717, 1.165) is 49.7 Å². The zero-order valence-electron chi connectivity index (χ0n) is 13.8. The number of urea groups is 1. The summed E-state index contributed by atoms with van der Waals surface area (Å²) in [6.45, 7) is 2.91. The first-order valence-electron chi connectivity index (χ1n) is 8.50. The van der Waals surface area contributed by atoms with Gasteiger partial charge in [0, 0.05) is 38.1 Å². The number of rotatable bonds is 6. The van der Waals surface area contributed by atoms with Crippen LogP contribution in [0.25, 0.3) is 0 Å². The van der Waals surface area contributed by atoms with Crippen molar-refractivity contribution in [3.8, 4) is 0 Å². The van der Waals surface area contributed by atoms with Gasteiger partial charge in [0.15, 0.2) is 0 Å². The van der Waals surface area contributed by atoms with Crippen molar-refractivity contribution < 1.29 is 14.3 Å². The molecule has 0 radical (unpaired) electrons. The van der Waals surface area contributed by atoms with Crippen molar-refractivity contribution in [3.05, 3.63) is 29.8 Å². The van der Waals surface area contributed by atoms with E-state index >= 15 is 0 Å². The molecule has 0 bridgehead atoms. The predicted molar refractivity (Wildman–Crippen MR) is 89.4 cm³/mol. The van der Waals surface area contributed by atoms with Crippen molar-refractivity contribution in [1.82, 2.24) is 4.90 Å². The van der Waals surface area contributed by atoms with Gasteiger partial charge in [0.1, 0.15) is 0 Å². The molecule has 0 atom stereocenters. The molecule has 5 heteroatoms. The summed E-state index contributed by atoms with van der Waals surface area (Å²) in [6.07, 6.45) is 4.82. The number of carbonyl (C=O) groups is 1. The minimum absolute atomic E-state index is 0.0332. The molecule has 2 aliphatic rings. The van der Waals surface area contributed by atoms with Crippen LogP contribution in [0.5, 0.6) is 0 Å². The number of nitrogens with zero attached hydrogens (tertiary/aromatic N) is 1. The van der Waals surface area contributed by atoms with Gasteiger partial charge in [0.05, 0.1) is 12.7 Å². The Hall–Kier alpha value is -1.59. The van der Waals surface area contributed by atoms with E-state index in [0.29, 0.717) is 12.7 Å². The van der Waals surface area contributed by atoms with Gasteiger partial charge >= 0.3 is 6.03 Å². The molecule has 1 aliphatic carbocycles. The first kappa shape index (κ1) is 16.3. The highest BCUT2D eigenvalue weighted by atomic mass is 16.5. The molecule has 2 fully saturated rings. The number of anilines is 1. The van der Waals surface area contributed by atoms with Crippen molar-refractivity contribution in [2.45, 2.75) is 38.4 Å². The maximum atomic E-state index is 12.4. The Bertz CT molecular complexity index is 523. The highest BCUT2D eigenvalue weighted by Gasteiger charge is 2.27. The van der Waals surface area contributed by atoms with Gasteiger partial charge in [-0.2, -0.15) is 0 Å². The number of likely N-dealkylation sites (tertiary alicyclic amines) is 1. The third-order valence-electron chi connectivity index (χ3n) is 4.55. The molecule has 0 spiro atoms. The molecule has 1 aromatic rings. The molecule has 1 saturated heterocycles. The SMILES string of the molecule is COCc1ccccc1NC(=O)N1CCC(OCC2CC2)CC1. The van der Waals surface area contributed by atoms with E-state index in [1.54, 1.807) is 7.11 Å². The Kier molecular flexibility index (Phi) is 5.51. The van der Waals surface area contributed by atoms with E-state index in [4.69, 9.17) is 9.47 Å². The highest BCUT2D eigenvalue weighted by molar-refractivity contribution is 5.90. The van der Waals surface area contributed by atoms with Crippen LogP contribution in [-0.4, -0.2) is 43.8 Å². The molecule has 1 saturated carbocycles. The van der Waals surface area contributed by atoms with Crippen molar-refractivity contribution in [3.63, 3.8) is 0 Å². The summed E-state index contributed by atoms with van der Waals surface area (Å²) in [7, 11) is 1.66. The molecular weight excluding hydrogens is 292 g/mol. The second kappa shape index (κ2) is 7.79. The number of methoxy groups -OCH3 is 1. The lowest BCUT2D eigenvalue weighted by atomic mass is 10.1. The monoisotopic (exact) mass is 318 g/mol. The van der Waals surface area contributed by atoms with Crippen LogP contribution in [0.4, 0.5) is 10.5 Å². The first-order chi connectivity index (χ1) is 11.3. The molecule has 1 aliphatic heterocycles. The maximum Gasteiger partial charge on any atom is 0.321 e. The summed E-state index contributed by atoms with van der Waals surface area (Å²) in [5.41, 5.74) is 1.82. The average Bonchev–Trinajstić information content (AvgIpc) is 3.40. The lowest BCUT2D eigenvalue weighted by Crippen LogP contribution is -2.43. The fourth-order valence-electron chi connectivity index (χ4n) is 2.90. The molecule has 0 aromatic heterocycles. The second-order valence-electron chi connectivity index (χ2n) is 6.48. The van der Waals surface area contributed by atoms with E-state index < -0.39 is 0 Å². The lowest BCUT2D eigenvalue weighted by molar-refractivity contribution is 0.0105. The fraction of sp³-hybridized carbons (Fsp3) is 0.611. The van der Waals surface area contributed by atoms with Crippen LogP contribution in [0.1, 0.15) is 31.2 Å².